The molecule has 1 aromatic heterocycles. The minimum absolute atomic E-state index is 0.0656. The summed E-state index contributed by atoms with van der Waals surface area (Å²) in [7, 11) is -1.50. The highest BCUT2D eigenvalue weighted by molar-refractivity contribution is 7.91. The summed E-state index contributed by atoms with van der Waals surface area (Å²) in [5.41, 5.74) is 1.42. The molecule has 28 heavy (non-hydrogen) atoms. The third-order valence-electron chi connectivity index (χ3n) is 4.54. The lowest BCUT2D eigenvalue weighted by atomic mass is 10.1. The van der Waals surface area contributed by atoms with Crippen LogP contribution in [0.5, 0.6) is 0 Å². The fraction of sp³-hybridized carbons (Fsp3) is 0.524. The molecule has 2 rings (SSSR count). The van der Waals surface area contributed by atoms with E-state index in [4.69, 9.17) is 11.2 Å². The summed E-state index contributed by atoms with van der Waals surface area (Å²) in [5, 5.41) is 0. The van der Waals surface area contributed by atoms with E-state index in [0.29, 0.717) is 22.1 Å². The first-order valence-corrected chi connectivity index (χ1v) is 11.8. The zero-order chi connectivity index (χ0) is 20.7. The molecule has 1 saturated heterocycles. The van der Waals surface area contributed by atoms with E-state index < -0.39 is 10.0 Å². The van der Waals surface area contributed by atoms with Crippen LogP contribution in [0.25, 0.3) is 0 Å². The van der Waals surface area contributed by atoms with Gasteiger partial charge >= 0.3 is 0 Å². The number of terminal acetylenes is 1. The second-order valence-corrected chi connectivity index (χ2v) is 10.5. The molecule has 5 nitrogen and oxygen atoms in total. The van der Waals surface area contributed by atoms with Crippen LogP contribution >= 0.6 is 11.3 Å². The molecule has 154 valence electrons. The number of ether oxygens (including phenoxy) is 1. The van der Waals surface area contributed by atoms with Crippen LogP contribution in [-0.2, 0) is 14.8 Å². The van der Waals surface area contributed by atoms with E-state index in [2.05, 4.69) is 22.6 Å². The zero-order valence-electron chi connectivity index (χ0n) is 17.1. The average Bonchev–Trinajstić information content (AvgIpc) is 2.94. The number of hydrogen-bond donors (Lipinski definition) is 1. The van der Waals surface area contributed by atoms with Gasteiger partial charge in [0, 0.05) is 23.5 Å². The molecule has 0 bridgehead atoms. The normalized spacial score (nSPS) is 20.1. The minimum Gasteiger partial charge on any atom is -0.489 e. The van der Waals surface area contributed by atoms with Gasteiger partial charge in [0.2, 0.25) is 0 Å². The monoisotopic (exact) mass is 422 g/mol. The largest absolute Gasteiger partial charge is 0.489 e. The average molecular weight is 423 g/mol. The van der Waals surface area contributed by atoms with Crippen molar-refractivity contribution in [1.29, 1.82) is 0 Å². The van der Waals surface area contributed by atoms with Crippen LogP contribution in [0.3, 0.4) is 0 Å². The van der Waals surface area contributed by atoms with E-state index in [0.717, 1.165) is 42.8 Å². The molecule has 7 heteroatoms. The van der Waals surface area contributed by atoms with E-state index >= 15 is 0 Å². The first-order chi connectivity index (χ1) is 13.2. The number of thiophene rings is 1. The fourth-order valence-corrected chi connectivity index (χ4v) is 5.48. The van der Waals surface area contributed by atoms with Crippen molar-refractivity contribution in [2.45, 2.75) is 56.8 Å². The van der Waals surface area contributed by atoms with Crippen LogP contribution in [0.4, 0.5) is 0 Å². The van der Waals surface area contributed by atoms with Gasteiger partial charge < -0.3 is 9.64 Å². The molecule has 0 amide bonds. The maximum absolute atomic E-state index is 12.6. The second-order valence-electron chi connectivity index (χ2n) is 7.32. The lowest BCUT2D eigenvalue weighted by Crippen LogP contribution is -2.29. The molecule has 1 aliphatic heterocycles. The molecule has 1 N–H and O–H groups in total. The number of likely N-dealkylation sites (N-methyl/N-ethyl adjacent to an activating group) is 1. The number of rotatable bonds is 7. The van der Waals surface area contributed by atoms with Gasteiger partial charge in [0.1, 0.15) is 16.1 Å². The quantitative estimate of drug-likeness (QED) is 0.409. The molecule has 2 heterocycles. The fourth-order valence-electron chi connectivity index (χ4n) is 3.10. The lowest BCUT2D eigenvalue weighted by Gasteiger charge is -2.23. The summed E-state index contributed by atoms with van der Waals surface area (Å²) in [5.74, 6) is 3.30. The first-order valence-electron chi connectivity index (χ1n) is 9.47. The SMILES string of the molecule is C#CC/C(C)=C(\C=C(/C)NS(=O)(=O)c1ccc(C)s1)OC1CCCCN(C)C1. The molecule has 0 saturated carbocycles. The Bertz CT molecular complexity index is 876. The second kappa shape index (κ2) is 10.1. The maximum atomic E-state index is 12.6. The van der Waals surface area contributed by atoms with Crippen molar-refractivity contribution in [3.63, 3.8) is 0 Å². The van der Waals surface area contributed by atoms with Gasteiger partial charge in [-0.25, -0.2) is 8.42 Å². The van der Waals surface area contributed by atoms with Gasteiger partial charge in [-0.05, 0) is 77.4 Å². The number of likely N-dealkylation sites (tertiary alicyclic amines) is 1. The Kier molecular flexibility index (Phi) is 8.17. The molecule has 1 atom stereocenters. The van der Waals surface area contributed by atoms with Gasteiger partial charge in [-0.2, -0.15) is 0 Å². The van der Waals surface area contributed by atoms with Crippen molar-refractivity contribution in [3.05, 3.63) is 40.1 Å². The van der Waals surface area contributed by atoms with Crippen molar-refractivity contribution in [2.24, 2.45) is 0 Å². The Morgan fingerprint density at radius 2 is 2.18 bits per heavy atom. The standard InChI is InChI=1S/C21H30N2O3S2/c1-6-9-16(2)20(26-19-10-7-8-13-23(5)15-19)14-17(3)22-28(24,25)21-12-11-18(4)27-21/h1,11-12,14,19,22H,7-10,13,15H2,2-5H3/b17-14+,20-16+. The third-order valence-corrected chi connectivity index (χ3v) is 7.50. The minimum atomic E-state index is -3.60. The number of allylic oxidation sites excluding steroid dienone is 3. The Hall–Kier alpha value is -1.75. The van der Waals surface area contributed by atoms with Gasteiger partial charge in [-0.15, -0.1) is 23.7 Å². The number of aryl methyl sites for hydroxylation is 1. The molecule has 0 spiro atoms. The summed E-state index contributed by atoms with van der Waals surface area (Å²) in [4.78, 5) is 3.22. The van der Waals surface area contributed by atoms with Crippen LogP contribution in [-0.4, -0.2) is 39.6 Å². The van der Waals surface area contributed by atoms with Gasteiger partial charge in [-0.3, -0.25) is 4.72 Å². The van der Waals surface area contributed by atoms with E-state index in [-0.39, 0.29) is 6.10 Å². The van der Waals surface area contributed by atoms with Crippen LogP contribution in [0, 0.1) is 19.3 Å². The maximum Gasteiger partial charge on any atom is 0.271 e. The lowest BCUT2D eigenvalue weighted by molar-refractivity contribution is 0.0920. The van der Waals surface area contributed by atoms with Crippen molar-refractivity contribution >= 4 is 21.4 Å². The topological polar surface area (TPSA) is 58.6 Å². The molecule has 1 aromatic rings. The number of hydrogen-bond acceptors (Lipinski definition) is 5. The van der Waals surface area contributed by atoms with Crippen molar-refractivity contribution in [2.75, 3.05) is 20.1 Å². The molecule has 0 radical (unpaired) electrons. The number of nitrogens with zero attached hydrogens (tertiary/aromatic N) is 1. The van der Waals surface area contributed by atoms with Gasteiger partial charge in [0.05, 0.1) is 0 Å². The highest BCUT2D eigenvalue weighted by atomic mass is 32.2. The van der Waals surface area contributed by atoms with Gasteiger partial charge in [0.15, 0.2) is 0 Å². The third kappa shape index (κ3) is 6.69. The predicted molar refractivity (Wildman–Crippen MR) is 116 cm³/mol. The smallest absolute Gasteiger partial charge is 0.271 e. The molecule has 0 aliphatic carbocycles. The van der Waals surface area contributed by atoms with Crippen molar-refractivity contribution < 1.29 is 13.2 Å². The van der Waals surface area contributed by atoms with Crippen molar-refractivity contribution in [3.8, 4) is 12.3 Å². The molecule has 1 aliphatic rings. The molecular weight excluding hydrogens is 392 g/mol. The van der Waals surface area contributed by atoms with Crippen LogP contribution in [0.2, 0.25) is 0 Å². The first kappa shape index (κ1) is 22.5. The number of nitrogens with one attached hydrogen (secondary N) is 1. The summed E-state index contributed by atoms with van der Waals surface area (Å²) in [6.45, 7) is 7.45. The molecule has 0 aromatic carbocycles. The van der Waals surface area contributed by atoms with Gasteiger partial charge in [0.25, 0.3) is 10.0 Å². The van der Waals surface area contributed by atoms with Crippen molar-refractivity contribution in [1.82, 2.24) is 9.62 Å². The summed E-state index contributed by atoms with van der Waals surface area (Å²) in [6, 6.07) is 3.42. The van der Waals surface area contributed by atoms with E-state index in [9.17, 15) is 8.42 Å². The Morgan fingerprint density at radius 1 is 1.43 bits per heavy atom. The van der Waals surface area contributed by atoms with Crippen LogP contribution < -0.4 is 4.72 Å². The summed E-state index contributed by atoms with van der Waals surface area (Å²) in [6.07, 6.45) is 11.0. The Morgan fingerprint density at radius 3 is 2.82 bits per heavy atom. The highest BCUT2D eigenvalue weighted by Crippen LogP contribution is 2.23. The van der Waals surface area contributed by atoms with Crippen LogP contribution in [0.1, 0.15) is 44.4 Å². The molecular formula is C21H30N2O3S2. The number of sulfonamides is 1. The summed E-state index contributed by atoms with van der Waals surface area (Å²) >= 11 is 1.25. The van der Waals surface area contributed by atoms with Crippen LogP contribution in [0.15, 0.2) is 39.4 Å². The van der Waals surface area contributed by atoms with E-state index in [1.165, 1.54) is 11.3 Å². The molecule has 1 fully saturated rings. The Balaban J connectivity index is 2.21. The highest BCUT2D eigenvalue weighted by Gasteiger charge is 2.20. The van der Waals surface area contributed by atoms with E-state index in [1.54, 1.807) is 25.1 Å². The summed E-state index contributed by atoms with van der Waals surface area (Å²) < 4.78 is 34.4. The predicted octanol–water partition coefficient (Wildman–Crippen LogP) is 4.04. The van der Waals surface area contributed by atoms with E-state index in [1.807, 2.05) is 13.8 Å². The van der Waals surface area contributed by atoms with Gasteiger partial charge in [-0.1, -0.05) is 0 Å². The zero-order valence-corrected chi connectivity index (χ0v) is 18.8. The molecule has 1 unspecified atom stereocenters. The Labute approximate surface area is 173 Å².